The molecular formula is C27H40FN5O5. The summed E-state index contributed by atoms with van der Waals surface area (Å²) in [5.74, 6) is -2.48. The summed E-state index contributed by atoms with van der Waals surface area (Å²) in [5.41, 5.74) is 11.4. The maximum Gasteiger partial charge on any atom is 0.408 e. The second kappa shape index (κ2) is 15.7. The van der Waals surface area contributed by atoms with E-state index in [1.807, 2.05) is 30.3 Å². The summed E-state index contributed by atoms with van der Waals surface area (Å²) in [4.78, 5) is 56.9. The number of amides is 2. The highest BCUT2D eigenvalue weighted by atomic mass is 19.1. The fourth-order valence-corrected chi connectivity index (χ4v) is 4.52. The van der Waals surface area contributed by atoms with E-state index in [2.05, 4.69) is 10.3 Å². The Balaban J connectivity index is 2.06. The van der Waals surface area contributed by atoms with Crippen molar-refractivity contribution >= 4 is 29.5 Å². The van der Waals surface area contributed by atoms with Crippen LogP contribution in [0.15, 0.2) is 35.3 Å². The SMILES string of the molecule is CC(C)[C@H](NC(=O)OCc1ccccc1)C(=O)N1CCCC[C@H]1C(=O)C[C@@H](CCCN=C(N)N)C(=O)CF. The number of Topliss-reactive ketones (excluding diaryl/α,β-unsaturated/α-hetero) is 2. The van der Waals surface area contributed by atoms with E-state index in [0.717, 1.165) is 12.0 Å². The Kier molecular flexibility index (Phi) is 12.7. The molecule has 0 saturated carbocycles. The molecule has 0 bridgehead atoms. The fraction of sp³-hybridized carbons (Fsp3) is 0.593. The second-order valence-corrected chi connectivity index (χ2v) is 9.89. The Bertz CT molecular complexity index is 968. The smallest absolute Gasteiger partial charge is 0.408 e. The quantitative estimate of drug-likeness (QED) is 0.188. The second-order valence-electron chi connectivity index (χ2n) is 9.89. The number of likely N-dealkylation sites (tertiary alicyclic amines) is 1. The van der Waals surface area contributed by atoms with Gasteiger partial charge in [-0.05, 0) is 43.6 Å². The number of alkyl carbamates (subject to hydrolysis) is 1. The third kappa shape index (κ3) is 9.75. The van der Waals surface area contributed by atoms with Gasteiger partial charge in [-0.15, -0.1) is 0 Å². The number of hydrogen-bond acceptors (Lipinski definition) is 6. The number of halogens is 1. The van der Waals surface area contributed by atoms with Crippen LogP contribution in [0.1, 0.15) is 57.9 Å². The van der Waals surface area contributed by atoms with Crippen LogP contribution in [0.2, 0.25) is 0 Å². The van der Waals surface area contributed by atoms with E-state index >= 15 is 0 Å². The predicted molar refractivity (Wildman–Crippen MR) is 142 cm³/mol. The minimum atomic E-state index is -1.17. The van der Waals surface area contributed by atoms with Crippen LogP contribution in [-0.2, 0) is 25.7 Å². The summed E-state index contributed by atoms with van der Waals surface area (Å²) in [6.45, 7) is 3.11. The number of aliphatic imine (C=N–C) groups is 1. The molecule has 0 radical (unpaired) electrons. The summed E-state index contributed by atoms with van der Waals surface area (Å²) in [6.07, 6.45) is 1.68. The van der Waals surface area contributed by atoms with Crippen molar-refractivity contribution in [2.75, 3.05) is 19.8 Å². The molecular weight excluding hydrogens is 493 g/mol. The number of benzene rings is 1. The van der Waals surface area contributed by atoms with Crippen LogP contribution in [0.5, 0.6) is 0 Å². The molecule has 1 aromatic carbocycles. The van der Waals surface area contributed by atoms with Crippen molar-refractivity contribution < 1.29 is 28.3 Å². The number of alkyl halides is 1. The van der Waals surface area contributed by atoms with Crippen LogP contribution in [0.4, 0.5) is 9.18 Å². The average molecular weight is 534 g/mol. The van der Waals surface area contributed by atoms with Gasteiger partial charge < -0.3 is 26.4 Å². The van der Waals surface area contributed by atoms with Crippen LogP contribution in [0.25, 0.3) is 0 Å². The standard InChI is InChI=1S/C27H40FN5O5/c1-18(2)24(32-27(37)38-17-19-9-4-3-5-10-19)25(36)33-14-7-6-12-21(33)22(34)15-20(23(35)16-28)11-8-13-31-26(29)30/h3-5,9-10,18,20-21,24H,6-8,11-17H2,1-2H3,(H,32,37)(H4,29,30,31)/t20-,21+,24+/m1/s1. The lowest BCUT2D eigenvalue weighted by Gasteiger charge is -2.38. The van der Waals surface area contributed by atoms with Crippen LogP contribution in [-0.4, -0.2) is 66.3 Å². The maximum absolute atomic E-state index is 13.6. The monoisotopic (exact) mass is 533 g/mol. The highest BCUT2D eigenvalue weighted by Crippen LogP contribution is 2.24. The van der Waals surface area contributed by atoms with Gasteiger partial charge in [0.1, 0.15) is 19.3 Å². The Morgan fingerprint density at radius 1 is 1.16 bits per heavy atom. The van der Waals surface area contributed by atoms with Crippen LogP contribution < -0.4 is 16.8 Å². The molecule has 1 aliphatic rings. The van der Waals surface area contributed by atoms with Gasteiger partial charge in [-0.25, -0.2) is 9.18 Å². The normalized spacial score (nSPS) is 16.8. The molecule has 38 heavy (non-hydrogen) atoms. The Morgan fingerprint density at radius 2 is 1.87 bits per heavy atom. The van der Waals surface area contributed by atoms with Crippen molar-refractivity contribution in [3.05, 3.63) is 35.9 Å². The first kappa shape index (κ1) is 30.7. The number of nitrogens with two attached hydrogens (primary N) is 2. The van der Waals surface area contributed by atoms with Crippen molar-refractivity contribution in [1.82, 2.24) is 10.2 Å². The van der Waals surface area contributed by atoms with E-state index in [1.165, 1.54) is 4.90 Å². The molecule has 0 unspecified atom stereocenters. The van der Waals surface area contributed by atoms with Crippen molar-refractivity contribution in [3.63, 3.8) is 0 Å². The number of carbonyl (C=O) groups excluding carboxylic acids is 4. The largest absolute Gasteiger partial charge is 0.445 e. The lowest BCUT2D eigenvalue weighted by atomic mass is 9.87. The summed E-state index contributed by atoms with van der Waals surface area (Å²) < 4.78 is 18.5. The molecule has 1 saturated heterocycles. The van der Waals surface area contributed by atoms with Crippen molar-refractivity contribution in [2.24, 2.45) is 28.3 Å². The van der Waals surface area contributed by atoms with Gasteiger partial charge in [0.05, 0.1) is 6.04 Å². The maximum atomic E-state index is 13.6. The average Bonchev–Trinajstić information content (AvgIpc) is 2.91. The number of nitrogens with one attached hydrogen (secondary N) is 1. The molecule has 1 fully saturated rings. The van der Waals surface area contributed by atoms with E-state index in [1.54, 1.807) is 13.8 Å². The summed E-state index contributed by atoms with van der Waals surface area (Å²) in [5, 5.41) is 2.65. The number of rotatable bonds is 14. The molecule has 0 spiro atoms. The van der Waals surface area contributed by atoms with E-state index in [0.29, 0.717) is 25.8 Å². The molecule has 210 valence electrons. The fourth-order valence-electron chi connectivity index (χ4n) is 4.52. The third-order valence-corrected chi connectivity index (χ3v) is 6.62. The van der Waals surface area contributed by atoms with Crippen molar-refractivity contribution in [3.8, 4) is 0 Å². The number of nitrogens with zero attached hydrogens (tertiary/aromatic N) is 2. The van der Waals surface area contributed by atoms with Gasteiger partial charge in [-0.3, -0.25) is 19.4 Å². The minimum Gasteiger partial charge on any atom is -0.445 e. The lowest BCUT2D eigenvalue weighted by Crippen LogP contribution is -2.57. The highest BCUT2D eigenvalue weighted by Gasteiger charge is 2.38. The van der Waals surface area contributed by atoms with Gasteiger partial charge in [0.2, 0.25) is 5.91 Å². The highest BCUT2D eigenvalue weighted by molar-refractivity contribution is 5.95. The summed E-state index contributed by atoms with van der Waals surface area (Å²) >= 11 is 0. The van der Waals surface area contributed by atoms with Crippen LogP contribution in [0, 0.1) is 11.8 Å². The van der Waals surface area contributed by atoms with Gasteiger partial charge in [0.25, 0.3) is 0 Å². The first-order valence-electron chi connectivity index (χ1n) is 13.1. The van der Waals surface area contributed by atoms with E-state index < -0.39 is 36.6 Å². The van der Waals surface area contributed by atoms with Gasteiger partial charge in [-0.2, -0.15) is 0 Å². The zero-order valence-corrected chi connectivity index (χ0v) is 22.2. The summed E-state index contributed by atoms with van der Waals surface area (Å²) in [6, 6.07) is 7.53. The molecule has 1 heterocycles. The molecule has 2 rings (SSSR count). The molecule has 1 aromatic rings. The first-order valence-corrected chi connectivity index (χ1v) is 13.1. The molecule has 11 heteroatoms. The molecule has 3 atom stereocenters. The molecule has 2 amide bonds. The number of ether oxygens (including phenoxy) is 1. The Labute approximate surface area is 223 Å². The zero-order valence-electron chi connectivity index (χ0n) is 22.2. The minimum absolute atomic E-state index is 0.0592. The molecule has 1 aliphatic heterocycles. The van der Waals surface area contributed by atoms with Gasteiger partial charge in [0.15, 0.2) is 17.5 Å². The van der Waals surface area contributed by atoms with Gasteiger partial charge >= 0.3 is 6.09 Å². The van der Waals surface area contributed by atoms with E-state index in [4.69, 9.17) is 16.2 Å². The topological polar surface area (TPSA) is 157 Å². The van der Waals surface area contributed by atoms with Crippen molar-refractivity contribution in [1.29, 1.82) is 0 Å². The van der Waals surface area contributed by atoms with Crippen LogP contribution >= 0.6 is 0 Å². The zero-order chi connectivity index (χ0) is 28.1. The molecule has 0 aliphatic carbocycles. The predicted octanol–water partition coefficient (Wildman–Crippen LogP) is 2.49. The van der Waals surface area contributed by atoms with Crippen molar-refractivity contribution in [2.45, 2.75) is 71.1 Å². The molecule has 10 nitrogen and oxygen atoms in total. The number of carbonyl (C=O) groups is 4. The van der Waals surface area contributed by atoms with Gasteiger partial charge in [0, 0.05) is 25.4 Å². The van der Waals surface area contributed by atoms with Crippen LogP contribution in [0.3, 0.4) is 0 Å². The lowest BCUT2D eigenvalue weighted by molar-refractivity contribution is -0.144. The Hall–Kier alpha value is -3.50. The first-order chi connectivity index (χ1) is 18.1. The van der Waals surface area contributed by atoms with Gasteiger partial charge in [-0.1, -0.05) is 44.2 Å². The Morgan fingerprint density at radius 3 is 2.50 bits per heavy atom. The van der Waals surface area contributed by atoms with E-state index in [-0.39, 0.29) is 49.6 Å². The third-order valence-electron chi connectivity index (χ3n) is 6.62. The summed E-state index contributed by atoms with van der Waals surface area (Å²) in [7, 11) is 0. The van der Waals surface area contributed by atoms with E-state index in [9.17, 15) is 23.6 Å². The molecule has 0 aromatic heterocycles. The number of hydrogen-bond donors (Lipinski definition) is 3. The molecule has 5 N–H and O–H groups in total. The number of guanidine groups is 1. The number of ketones is 2. The number of piperidine rings is 1.